The van der Waals surface area contributed by atoms with Gasteiger partial charge in [-0.3, -0.25) is 0 Å². The summed E-state index contributed by atoms with van der Waals surface area (Å²) in [6, 6.07) is 68.8. The minimum Gasteiger partial charge on any atom is -0.744 e. The third-order valence-electron chi connectivity index (χ3n) is 10.4. The van der Waals surface area contributed by atoms with Crippen molar-refractivity contribution in [2.24, 2.45) is 0 Å². The highest BCUT2D eigenvalue weighted by Crippen LogP contribution is 2.35. The zero-order valence-electron chi connectivity index (χ0n) is 34.8. The normalized spacial score (nSPS) is 11.3. The molecular weight excluding hydrogens is 849 g/mol. The first-order valence-electron chi connectivity index (χ1n) is 19.7. The second kappa shape index (κ2) is 21.4. The second-order valence-corrected chi connectivity index (χ2v) is 17.0. The van der Waals surface area contributed by atoms with Crippen molar-refractivity contribution in [3.8, 4) is 22.6 Å². The first-order valence-corrected chi connectivity index (χ1v) is 22.5. The van der Waals surface area contributed by atoms with Gasteiger partial charge in [0.1, 0.15) is 31.7 Å². The monoisotopic (exact) mass is 896 g/mol. The summed E-state index contributed by atoms with van der Waals surface area (Å²) >= 11 is 0. The van der Waals surface area contributed by atoms with Gasteiger partial charge in [-0.25, -0.2) is 16.8 Å². The Morgan fingerprint density at radius 2 is 0.547 bits per heavy atom. The molecule has 0 aliphatic heterocycles. The number of aliphatic hydroxyl groups excluding tert-OH is 1. The molecule has 0 radical (unpaired) electrons. The quantitative estimate of drug-likeness (QED) is 0.0773. The Morgan fingerprint density at radius 1 is 0.359 bits per heavy atom. The van der Waals surface area contributed by atoms with E-state index in [4.69, 9.17) is 5.11 Å². The summed E-state index contributed by atoms with van der Waals surface area (Å²) < 4.78 is 66.1. The Balaban J connectivity index is 0.000000177. The number of quaternary nitrogens is 2. The number of rotatable bonds is 9. The molecule has 0 heterocycles. The second-order valence-electron chi connectivity index (χ2n) is 14.3. The molecule has 0 atom stereocenters. The van der Waals surface area contributed by atoms with Gasteiger partial charge in [0.05, 0.1) is 9.79 Å². The van der Waals surface area contributed by atoms with Crippen molar-refractivity contribution in [2.45, 2.75) is 20.9 Å². The molecule has 8 aromatic carbocycles. The van der Waals surface area contributed by atoms with Crippen molar-refractivity contribution in [1.29, 1.82) is 0 Å². The summed E-state index contributed by atoms with van der Waals surface area (Å²) in [6.45, 7) is 0. The molecule has 0 aliphatic carbocycles. The molecule has 13 heteroatoms. The molecule has 8 rings (SSSR count). The van der Waals surface area contributed by atoms with Crippen molar-refractivity contribution in [1.82, 2.24) is 0 Å². The Hall–Kier alpha value is -6.94. The van der Waals surface area contributed by atoms with Crippen LogP contribution in [0.1, 0.15) is 33.4 Å². The van der Waals surface area contributed by atoms with Gasteiger partial charge >= 0.3 is 0 Å². The molecule has 8 aromatic rings. The number of aromatic hydroxyl groups is 2. The average Bonchev–Trinajstić information content (AvgIpc) is 3.33. The summed E-state index contributed by atoms with van der Waals surface area (Å²) in [5.41, 5.74) is 15.8. The van der Waals surface area contributed by atoms with E-state index in [2.05, 4.69) is 157 Å². The van der Waals surface area contributed by atoms with E-state index in [1.165, 1.54) is 45.5 Å². The summed E-state index contributed by atoms with van der Waals surface area (Å²) in [4.78, 5) is -1.77. The predicted octanol–water partition coefficient (Wildman–Crippen LogP) is 6.62. The molecular formula is C51H48N2O9S2. The van der Waals surface area contributed by atoms with Crippen LogP contribution in [0.3, 0.4) is 0 Å². The molecule has 0 aliphatic rings. The van der Waals surface area contributed by atoms with Crippen LogP contribution < -0.4 is 11.5 Å². The fraction of sp³-hybridized carbons (Fsp3) is 0.0588. The lowest BCUT2D eigenvalue weighted by molar-refractivity contribution is -0.455. The molecule has 0 amide bonds. The third-order valence-corrected chi connectivity index (χ3v) is 12.1. The fourth-order valence-corrected chi connectivity index (χ4v) is 8.31. The van der Waals surface area contributed by atoms with E-state index in [1.54, 1.807) is 0 Å². The van der Waals surface area contributed by atoms with E-state index in [-0.39, 0.29) is 22.2 Å². The number of phenolic OH excluding ortho intramolecular Hbond substituents is 2. The largest absolute Gasteiger partial charge is 0.744 e. The molecule has 0 spiro atoms. The van der Waals surface area contributed by atoms with Crippen molar-refractivity contribution in [2.75, 3.05) is 7.11 Å². The maximum atomic E-state index is 11.0. The maximum absolute atomic E-state index is 11.0. The van der Waals surface area contributed by atoms with Crippen molar-refractivity contribution >= 4 is 20.2 Å². The molecule has 64 heavy (non-hydrogen) atoms. The molecule has 0 saturated carbocycles. The molecule has 0 aromatic heterocycles. The van der Waals surface area contributed by atoms with Crippen molar-refractivity contribution in [3.63, 3.8) is 0 Å². The van der Waals surface area contributed by atoms with E-state index in [0.29, 0.717) is 0 Å². The first kappa shape index (κ1) is 48.1. The van der Waals surface area contributed by atoms with Crippen LogP contribution in [-0.4, -0.2) is 48.4 Å². The van der Waals surface area contributed by atoms with Gasteiger partial charge in [-0.05, 0) is 35.4 Å². The minimum atomic E-state index is -4.94. The zero-order chi connectivity index (χ0) is 46.4. The lowest BCUT2D eigenvalue weighted by Crippen LogP contribution is -2.71. The van der Waals surface area contributed by atoms with Crippen LogP contribution in [0.5, 0.6) is 11.5 Å². The standard InChI is InChI=1S/2C19H17N.C12H10O8S2.CH4O/c2*20-19(16-10-4-1-5-11-16,17-12-6-2-7-13-17)18-14-8-3-9-15-18;13-9-3-1-7(5-11(9)21(15,16)17)8-2-4-10(14)12(6-8)22(18,19)20;1-2/h2*1-15H,20H2;1-6,13-14H,(H,15,16,17)(H,18,19,20);2H,1H3. The SMILES string of the molecule is CO.O=S(=O)([O-])c1cc(-c2ccc(O)c(S(=O)(=O)[O-])c2)ccc1O.[NH3+]C(c1ccccc1)(c1ccccc1)c1ccccc1.[NH3+]C(c1ccccc1)(c1ccccc1)c1ccccc1. The van der Waals surface area contributed by atoms with Crippen molar-refractivity contribution in [3.05, 3.63) is 252 Å². The molecule has 9 N–H and O–H groups in total. The minimum absolute atomic E-state index is 0.0668. The van der Waals surface area contributed by atoms with Gasteiger partial charge in [0.15, 0.2) is 11.1 Å². The number of benzene rings is 8. The van der Waals surface area contributed by atoms with E-state index in [9.17, 15) is 36.2 Å². The van der Waals surface area contributed by atoms with E-state index in [1.807, 2.05) is 36.4 Å². The van der Waals surface area contributed by atoms with Gasteiger partial charge in [0.25, 0.3) is 0 Å². The van der Waals surface area contributed by atoms with E-state index < -0.39 is 41.5 Å². The summed E-state index contributed by atoms with van der Waals surface area (Å²) in [7, 11) is -8.88. The summed E-state index contributed by atoms with van der Waals surface area (Å²) in [5, 5.41) is 25.8. The molecule has 11 nitrogen and oxygen atoms in total. The van der Waals surface area contributed by atoms with Crippen LogP contribution >= 0.6 is 0 Å². The number of hydrogen-bond donors (Lipinski definition) is 5. The highest BCUT2D eigenvalue weighted by Gasteiger charge is 2.37. The molecule has 0 unspecified atom stereocenters. The topological polar surface area (TPSA) is 230 Å². The van der Waals surface area contributed by atoms with Crippen LogP contribution in [0.2, 0.25) is 0 Å². The first-order chi connectivity index (χ1) is 30.6. The fourth-order valence-electron chi connectivity index (χ4n) is 7.12. The Morgan fingerprint density at radius 3 is 0.719 bits per heavy atom. The Bertz CT molecular complexity index is 2530. The lowest BCUT2D eigenvalue weighted by Gasteiger charge is -2.27. The molecule has 0 fully saturated rings. The Kier molecular flexibility index (Phi) is 16.1. The summed E-state index contributed by atoms with van der Waals surface area (Å²) in [6.07, 6.45) is 0. The van der Waals surface area contributed by atoms with Crippen LogP contribution in [0.4, 0.5) is 0 Å². The molecule has 0 saturated heterocycles. The zero-order valence-corrected chi connectivity index (χ0v) is 36.4. The van der Waals surface area contributed by atoms with Gasteiger partial charge < -0.3 is 35.9 Å². The summed E-state index contributed by atoms with van der Waals surface area (Å²) in [5.74, 6) is -1.51. The maximum Gasteiger partial charge on any atom is 0.172 e. The van der Waals surface area contributed by atoms with Gasteiger partial charge in [0.2, 0.25) is 0 Å². The number of phenols is 2. The van der Waals surface area contributed by atoms with Crippen LogP contribution in [0.25, 0.3) is 11.1 Å². The number of hydrogen-bond acceptors (Lipinski definition) is 9. The van der Waals surface area contributed by atoms with Crippen LogP contribution in [-0.2, 0) is 31.3 Å². The van der Waals surface area contributed by atoms with Gasteiger partial charge in [-0.2, -0.15) is 0 Å². The van der Waals surface area contributed by atoms with Gasteiger partial charge in [0, 0.05) is 40.5 Å². The highest BCUT2D eigenvalue weighted by molar-refractivity contribution is 7.86. The average molecular weight is 897 g/mol. The Labute approximate surface area is 373 Å². The lowest BCUT2D eigenvalue weighted by atomic mass is 9.78. The van der Waals surface area contributed by atoms with E-state index >= 15 is 0 Å². The van der Waals surface area contributed by atoms with Crippen LogP contribution in [0.15, 0.2) is 228 Å². The third kappa shape index (κ3) is 11.4. The molecule has 328 valence electrons. The predicted molar refractivity (Wildman–Crippen MR) is 243 cm³/mol. The van der Waals surface area contributed by atoms with Gasteiger partial charge in [-0.1, -0.05) is 194 Å². The smallest absolute Gasteiger partial charge is 0.172 e. The molecule has 0 bridgehead atoms. The van der Waals surface area contributed by atoms with E-state index in [0.717, 1.165) is 31.4 Å². The van der Waals surface area contributed by atoms with Crippen molar-refractivity contribution < 1.29 is 52.7 Å². The van der Waals surface area contributed by atoms with Gasteiger partial charge in [-0.15, -0.1) is 0 Å². The number of aliphatic hydroxyl groups is 1. The van der Waals surface area contributed by atoms with Crippen LogP contribution in [0, 0.1) is 0 Å². The highest BCUT2D eigenvalue weighted by atomic mass is 32.2.